The normalized spacial score (nSPS) is 24.3. The van der Waals surface area contributed by atoms with E-state index in [2.05, 4.69) is 35.4 Å². The Kier molecular flexibility index (Phi) is 4.30. The summed E-state index contributed by atoms with van der Waals surface area (Å²) >= 11 is 1.73. The summed E-state index contributed by atoms with van der Waals surface area (Å²) in [5, 5.41) is 9.11. The highest BCUT2D eigenvalue weighted by Gasteiger charge is 2.34. The number of thioether (sulfide) groups is 1. The van der Waals surface area contributed by atoms with Gasteiger partial charge in [-0.3, -0.25) is 9.69 Å². The van der Waals surface area contributed by atoms with Crippen LogP contribution in [0.1, 0.15) is 12.5 Å². The molecule has 1 fully saturated rings. The lowest BCUT2D eigenvalue weighted by molar-refractivity contribution is -0.142. The quantitative estimate of drug-likeness (QED) is 0.849. The van der Waals surface area contributed by atoms with E-state index >= 15 is 0 Å². The van der Waals surface area contributed by atoms with Crippen molar-refractivity contribution in [2.45, 2.75) is 18.4 Å². The van der Waals surface area contributed by atoms with E-state index in [9.17, 15) is 4.79 Å². The van der Waals surface area contributed by atoms with Crippen molar-refractivity contribution in [1.82, 2.24) is 4.90 Å². The van der Waals surface area contributed by atoms with Gasteiger partial charge in [-0.2, -0.15) is 0 Å². The fourth-order valence-corrected chi connectivity index (χ4v) is 2.92. The molecular weight excluding hydrogens is 246 g/mol. The van der Waals surface area contributed by atoms with Gasteiger partial charge in [0.15, 0.2) is 0 Å². The number of aliphatic carboxylic acids is 1. The van der Waals surface area contributed by atoms with Crippen LogP contribution in [0.2, 0.25) is 0 Å². The Hall–Kier alpha value is -1.00. The molecule has 2 unspecified atom stereocenters. The van der Waals surface area contributed by atoms with Gasteiger partial charge in [-0.1, -0.05) is 19.1 Å². The van der Waals surface area contributed by atoms with Crippen molar-refractivity contribution in [2.75, 3.05) is 19.3 Å². The molecule has 1 aromatic carbocycles. The van der Waals surface area contributed by atoms with Crippen LogP contribution in [-0.4, -0.2) is 35.3 Å². The fraction of sp³-hybridized carbons (Fsp3) is 0.500. The molecule has 1 aromatic rings. The minimum Gasteiger partial charge on any atom is -0.481 e. The molecule has 2 rings (SSSR count). The van der Waals surface area contributed by atoms with Crippen LogP contribution < -0.4 is 0 Å². The number of benzene rings is 1. The highest BCUT2D eigenvalue weighted by atomic mass is 32.2. The van der Waals surface area contributed by atoms with Gasteiger partial charge in [-0.05, 0) is 29.9 Å². The molecule has 1 N–H and O–H groups in total. The third-order valence-electron chi connectivity index (χ3n) is 3.57. The van der Waals surface area contributed by atoms with Gasteiger partial charge >= 0.3 is 5.97 Å². The standard InChI is InChI=1S/C14H19NO2S/c1-10-7-15(9-13(10)14(16)17)8-11-3-5-12(18-2)6-4-11/h3-6,10,13H,7-9H2,1-2H3,(H,16,17). The van der Waals surface area contributed by atoms with Gasteiger partial charge in [-0.25, -0.2) is 0 Å². The van der Waals surface area contributed by atoms with Gasteiger partial charge in [0, 0.05) is 24.5 Å². The molecule has 4 heteroatoms. The van der Waals surface area contributed by atoms with E-state index in [1.165, 1.54) is 10.5 Å². The van der Waals surface area contributed by atoms with Gasteiger partial charge in [0.1, 0.15) is 0 Å². The number of carboxylic acid groups (broad SMARTS) is 1. The fourth-order valence-electron chi connectivity index (χ4n) is 2.51. The Morgan fingerprint density at radius 2 is 2.06 bits per heavy atom. The van der Waals surface area contributed by atoms with Crippen molar-refractivity contribution < 1.29 is 9.90 Å². The number of nitrogens with zero attached hydrogens (tertiary/aromatic N) is 1. The van der Waals surface area contributed by atoms with Gasteiger partial charge in [-0.15, -0.1) is 11.8 Å². The van der Waals surface area contributed by atoms with Crippen LogP contribution in [0.15, 0.2) is 29.2 Å². The minimum atomic E-state index is -0.664. The first kappa shape index (κ1) is 13.4. The number of rotatable bonds is 4. The Morgan fingerprint density at radius 3 is 2.56 bits per heavy atom. The van der Waals surface area contributed by atoms with Gasteiger partial charge in [0.25, 0.3) is 0 Å². The van der Waals surface area contributed by atoms with Crippen LogP contribution in [0.4, 0.5) is 0 Å². The highest BCUT2D eigenvalue weighted by molar-refractivity contribution is 7.98. The number of likely N-dealkylation sites (tertiary alicyclic amines) is 1. The molecule has 0 radical (unpaired) electrons. The van der Waals surface area contributed by atoms with Crippen LogP contribution in [0.5, 0.6) is 0 Å². The van der Waals surface area contributed by atoms with E-state index in [-0.39, 0.29) is 11.8 Å². The molecule has 2 atom stereocenters. The first-order valence-electron chi connectivity index (χ1n) is 6.18. The molecule has 0 bridgehead atoms. The molecule has 1 aliphatic rings. The van der Waals surface area contributed by atoms with Crippen molar-refractivity contribution in [3.63, 3.8) is 0 Å². The van der Waals surface area contributed by atoms with Crippen LogP contribution in [0.25, 0.3) is 0 Å². The number of carboxylic acids is 1. The lowest BCUT2D eigenvalue weighted by atomic mass is 9.99. The largest absolute Gasteiger partial charge is 0.481 e. The summed E-state index contributed by atoms with van der Waals surface area (Å²) in [6.07, 6.45) is 2.06. The predicted octanol–water partition coefficient (Wildman–Crippen LogP) is 2.56. The van der Waals surface area contributed by atoms with E-state index in [1.54, 1.807) is 11.8 Å². The molecule has 1 aliphatic heterocycles. The van der Waals surface area contributed by atoms with E-state index in [0.29, 0.717) is 6.54 Å². The molecule has 0 spiro atoms. The Bertz CT molecular complexity index is 418. The number of hydrogen-bond donors (Lipinski definition) is 1. The van der Waals surface area contributed by atoms with Crippen LogP contribution in [0, 0.1) is 11.8 Å². The predicted molar refractivity (Wildman–Crippen MR) is 73.8 cm³/mol. The molecular formula is C14H19NO2S. The van der Waals surface area contributed by atoms with E-state index in [1.807, 2.05) is 6.92 Å². The van der Waals surface area contributed by atoms with Gasteiger partial charge in [0.05, 0.1) is 5.92 Å². The maximum atomic E-state index is 11.1. The summed E-state index contributed by atoms with van der Waals surface area (Å²) in [5.74, 6) is -0.633. The second kappa shape index (κ2) is 5.76. The zero-order valence-electron chi connectivity index (χ0n) is 10.8. The summed E-state index contributed by atoms with van der Waals surface area (Å²) in [6, 6.07) is 8.50. The van der Waals surface area contributed by atoms with Crippen molar-refractivity contribution in [3.8, 4) is 0 Å². The molecule has 18 heavy (non-hydrogen) atoms. The smallest absolute Gasteiger partial charge is 0.308 e. The molecule has 0 aliphatic carbocycles. The highest BCUT2D eigenvalue weighted by Crippen LogP contribution is 2.25. The average molecular weight is 265 g/mol. The van der Waals surface area contributed by atoms with Crippen LogP contribution in [-0.2, 0) is 11.3 Å². The van der Waals surface area contributed by atoms with E-state index < -0.39 is 5.97 Å². The number of hydrogen-bond acceptors (Lipinski definition) is 3. The minimum absolute atomic E-state index is 0.213. The molecule has 1 saturated heterocycles. The summed E-state index contributed by atoms with van der Waals surface area (Å²) in [7, 11) is 0. The lowest BCUT2D eigenvalue weighted by Crippen LogP contribution is -2.23. The lowest BCUT2D eigenvalue weighted by Gasteiger charge is -2.15. The Labute approximate surface area is 112 Å². The third-order valence-corrected chi connectivity index (χ3v) is 4.31. The summed E-state index contributed by atoms with van der Waals surface area (Å²) in [5.41, 5.74) is 1.26. The summed E-state index contributed by atoms with van der Waals surface area (Å²) in [6.45, 7) is 4.42. The molecule has 0 amide bonds. The van der Waals surface area contributed by atoms with Gasteiger partial charge < -0.3 is 5.11 Å². The SMILES string of the molecule is CSc1ccc(CN2CC(C)C(C(=O)O)C2)cc1. The van der Waals surface area contributed by atoms with Crippen molar-refractivity contribution in [3.05, 3.63) is 29.8 Å². The first-order chi connectivity index (χ1) is 8.60. The Morgan fingerprint density at radius 1 is 1.39 bits per heavy atom. The van der Waals surface area contributed by atoms with Crippen molar-refractivity contribution in [2.24, 2.45) is 11.8 Å². The second-order valence-electron chi connectivity index (χ2n) is 4.96. The number of carbonyl (C=O) groups is 1. The molecule has 0 saturated carbocycles. The molecule has 98 valence electrons. The zero-order valence-corrected chi connectivity index (χ0v) is 11.6. The molecule has 0 aromatic heterocycles. The summed E-state index contributed by atoms with van der Waals surface area (Å²) in [4.78, 5) is 14.6. The maximum Gasteiger partial charge on any atom is 0.308 e. The molecule has 3 nitrogen and oxygen atoms in total. The average Bonchev–Trinajstić information content (AvgIpc) is 2.71. The third kappa shape index (κ3) is 3.06. The summed E-state index contributed by atoms with van der Waals surface area (Å²) < 4.78 is 0. The maximum absolute atomic E-state index is 11.1. The van der Waals surface area contributed by atoms with E-state index in [0.717, 1.165) is 13.1 Å². The van der Waals surface area contributed by atoms with Crippen molar-refractivity contribution in [1.29, 1.82) is 0 Å². The topological polar surface area (TPSA) is 40.5 Å². The van der Waals surface area contributed by atoms with Gasteiger partial charge in [0.2, 0.25) is 0 Å². The monoisotopic (exact) mass is 265 g/mol. The van der Waals surface area contributed by atoms with Crippen LogP contribution in [0.3, 0.4) is 0 Å². The van der Waals surface area contributed by atoms with E-state index in [4.69, 9.17) is 5.11 Å². The molecule has 1 heterocycles. The first-order valence-corrected chi connectivity index (χ1v) is 7.40. The zero-order chi connectivity index (χ0) is 13.1. The second-order valence-corrected chi connectivity index (χ2v) is 5.84. The van der Waals surface area contributed by atoms with Crippen molar-refractivity contribution >= 4 is 17.7 Å². The Balaban J connectivity index is 1.96. The van der Waals surface area contributed by atoms with Crippen LogP contribution >= 0.6 is 11.8 Å².